The minimum Gasteiger partial charge on any atom is -0.456 e. The van der Waals surface area contributed by atoms with Gasteiger partial charge in [-0.2, -0.15) is 5.10 Å². The molecule has 0 unspecified atom stereocenters. The van der Waals surface area contributed by atoms with Crippen LogP contribution >= 0.6 is 0 Å². The van der Waals surface area contributed by atoms with E-state index in [0.29, 0.717) is 5.95 Å². The molecule has 0 aliphatic heterocycles. The SMILES string of the molecule is CC(C)(C)c1ccc(-c2cc(=NNc3nc4ccccc4[nH]3)c3ccccc3o2)cc1. The third-order valence-corrected chi connectivity index (χ3v) is 5.36. The molecule has 154 valence electrons. The average Bonchev–Trinajstić information content (AvgIpc) is 3.20. The monoisotopic (exact) mass is 408 g/mol. The zero-order chi connectivity index (χ0) is 21.4. The summed E-state index contributed by atoms with van der Waals surface area (Å²) in [7, 11) is 0. The van der Waals surface area contributed by atoms with Crippen LogP contribution in [0.3, 0.4) is 0 Å². The zero-order valence-corrected chi connectivity index (χ0v) is 17.8. The number of para-hydroxylation sites is 3. The van der Waals surface area contributed by atoms with E-state index in [1.54, 1.807) is 0 Å². The standard InChI is InChI=1S/C26H24N4O/c1-26(2,3)18-14-12-17(13-15-18)24-16-22(19-8-4-7-11-23(19)31-24)29-30-25-27-20-9-5-6-10-21(20)28-25/h4-16H,1-3H3,(H2,27,28,30). The van der Waals surface area contributed by atoms with Crippen molar-refractivity contribution < 1.29 is 4.42 Å². The van der Waals surface area contributed by atoms with Crippen LogP contribution in [-0.2, 0) is 5.41 Å². The van der Waals surface area contributed by atoms with Crippen molar-refractivity contribution in [3.8, 4) is 11.3 Å². The topological polar surface area (TPSA) is 66.2 Å². The summed E-state index contributed by atoms with van der Waals surface area (Å²) in [6.45, 7) is 6.63. The summed E-state index contributed by atoms with van der Waals surface area (Å²) in [5, 5.41) is 6.36. The number of hydrogen-bond acceptors (Lipinski definition) is 4. The molecule has 0 aliphatic carbocycles. The lowest BCUT2D eigenvalue weighted by atomic mass is 9.86. The van der Waals surface area contributed by atoms with Crippen LogP contribution in [0.5, 0.6) is 0 Å². The van der Waals surface area contributed by atoms with Gasteiger partial charge >= 0.3 is 0 Å². The van der Waals surface area contributed by atoms with Crippen LogP contribution in [-0.4, -0.2) is 9.97 Å². The van der Waals surface area contributed by atoms with Crippen LogP contribution in [0.1, 0.15) is 26.3 Å². The van der Waals surface area contributed by atoms with Gasteiger partial charge in [-0.25, -0.2) is 10.4 Å². The Morgan fingerprint density at radius 3 is 2.42 bits per heavy atom. The Kier molecular flexibility index (Phi) is 4.59. The van der Waals surface area contributed by atoms with Gasteiger partial charge < -0.3 is 9.40 Å². The number of nitrogens with one attached hydrogen (secondary N) is 2. The summed E-state index contributed by atoms with van der Waals surface area (Å²) in [5.74, 6) is 1.37. The van der Waals surface area contributed by atoms with Gasteiger partial charge in [0.05, 0.1) is 16.4 Å². The van der Waals surface area contributed by atoms with Crippen LogP contribution in [0, 0.1) is 0 Å². The molecule has 5 nitrogen and oxygen atoms in total. The van der Waals surface area contributed by atoms with E-state index in [0.717, 1.165) is 38.7 Å². The molecule has 2 aromatic heterocycles. The molecule has 0 fully saturated rings. The molecule has 2 N–H and O–H groups in total. The van der Waals surface area contributed by atoms with Gasteiger partial charge in [-0.05, 0) is 35.2 Å². The predicted octanol–water partition coefficient (Wildman–Crippen LogP) is 6.20. The van der Waals surface area contributed by atoms with E-state index < -0.39 is 0 Å². The minimum atomic E-state index is 0.107. The summed E-state index contributed by atoms with van der Waals surface area (Å²) in [6, 6.07) is 26.3. The maximum absolute atomic E-state index is 6.20. The van der Waals surface area contributed by atoms with Crippen LogP contribution in [0.15, 0.2) is 88.4 Å². The Morgan fingerprint density at radius 2 is 1.65 bits per heavy atom. The van der Waals surface area contributed by atoms with Gasteiger partial charge in [0.25, 0.3) is 0 Å². The molecule has 0 aliphatic rings. The first-order chi connectivity index (χ1) is 15.0. The fourth-order valence-corrected chi connectivity index (χ4v) is 3.61. The van der Waals surface area contributed by atoms with Crippen molar-refractivity contribution in [1.29, 1.82) is 0 Å². The van der Waals surface area contributed by atoms with E-state index in [1.165, 1.54) is 5.56 Å². The molecule has 0 saturated heterocycles. The average molecular weight is 409 g/mol. The Balaban J connectivity index is 1.58. The number of nitrogens with zero attached hydrogens (tertiary/aromatic N) is 2. The Morgan fingerprint density at radius 1 is 0.903 bits per heavy atom. The second kappa shape index (κ2) is 7.43. The smallest absolute Gasteiger partial charge is 0.222 e. The molecule has 0 bridgehead atoms. The molecule has 0 saturated carbocycles. The van der Waals surface area contributed by atoms with E-state index >= 15 is 0 Å². The van der Waals surface area contributed by atoms with Crippen LogP contribution in [0.25, 0.3) is 33.3 Å². The quantitative estimate of drug-likeness (QED) is 0.349. The van der Waals surface area contributed by atoms with Crippen molar-refractivity contribution in [3.05, 3.63) is 89.8 Å². The molecule has 0 spiro atoms. The lowest BCUT2D eigenvalue weighted by molar-refractivity contribution is 0.589. The second-order valence-corrected chi connectivity index (χ2v) is 8.65. The molecule has 0 amide bonds. The first kappa shape index (κ1) is 19.1. The molecule has 2 heterocycles. The van der Waals surface area contributed by atoms with Crippen molar-refractivity contribution in [2.24, 2.45) is 5.10 Å². The molecule has 31 heavy (non-hydrogen) atoms. The van der Waals surface area contributed by atoms with E-state index in [9.17, 15) is 0 Å². The van der Waals surface area contributed by atoms with Crippen LogP contribution in [0.2, 0.25) is 0 Å². The van der Waals surface area contributed by atoms with Gasteiger partial charge in [0.15, 0.2) is 0 Å². The minimum absolute atomic E-state index is 0.107. The van der Waals surface area contributed by atoms with Gasteiger partial charge in [-0.15, -0.1) is 0 Å². The fourth-order valence-electron chi connectivity index (χ4n) is 3.61. The third-order valence-electron chi connectivity index (χ3n) is 5.36. The number of anilines is 1. The summed E-state index contributed by atoms with van der Waals surface area (Å²) >= 11 is 0. The van der Waals surface area contributed by atoms with E-state index in [4.69, 9.17) is 4.42 Å². The highest BCUT2D eigenvalue weighted by Crippen LogP contribution is 2.27. The van der Waals surface area contributed by atoms with Gasteiger partial charge in [0.1, 0.15) is 11.3 Å². The number of aromatic amines is 1. The first-order valence-electron chi connectivity index (χ1n) is 10.4. The number of H-pyrrole nitrogens is 1. The Labute approximate surface area is 180 Å². The van der Waals surface area contributed by atoms with E-state index in [-0.39, 0.29) is 5.41 Å². The third kappa shape index (κ3) is 3.82. The Hall–Kier alpha value is -3.86. The lowest BCUT2D eigenvalue weighted by Crippen LogP contribution is -2.10. The number of imidazole rings is 1. The molecular weight excluding hydrogens is 384 g/mol. The molecule has 5 rings (SSSR count). The van der Waals surface area contributed by atoms with Crippen molar-refractivity contribution in [2.75, 3.05) is 5.43 Å². The van der Waals surface area contributed by atoms with Crippen molar-refractivity contribution in [3.63, 3.8) is 0 Å². The second-order valence-electron chi connectivity index (χ2n) is 8.65. The molecule has 0 radical (unpaired) electrons. The number of benzene rings is 3. The van der Waals surface area contributed by atoms with Gasteiger partial charge in [-0.1, -0.05) is 69.3 Å². The summed E-state index contributed by atoms with van der Waals surface area (Å²) < 4.78 is 6.20. The van der Waals surface area contributed by atoms with Gasteiger partial charge in [0, 0.05) is 17.0 Å². The summed E-state index contributed by atoms with van der Waals surface area (Å²) in [6.07, 6.45) is 0. The zero-order valence-electron chi connectivity index (χ0n) is 17.8. The normalized spacial score (nSPS) is 12.5. The van der Waals surface area contributed by atoms with Gasteiger partial charge in [-0.3, -0.25) is 0 Å². The number of hydrogen-bond donors (Lipinski definition) is 2. The predicted molar refractivity (Wildman–Crippen MR) is 126 cm³/mol. The van der Waals surface area contributed by atoms with Crippen LogP contribution < -0.4 is 10.8 Å². The summed E-state index contributed by atoms with van der Waals surface area (Å²) in [4.78, 5) is 7.78. The highest BCUT2D eigenvalue weighted by atomic mass is 16.3. The highest BCUT2D eigenvalue weighted by Gasteiger charge is 2.14. The van der Waals surface area contributed by atoms with Gasteiger partial charge in [0.2, 0.25) is 5.95 Å². The largest absolute Gasteiger partial charge is 0.456 e. The maximum Gasteiger partial charge on any atom is 0.222 e. The fraction of sp³-hybridized carbons (Fsp3) is 0.154. The first-order valence-corrected chi connectivity index (χ1v) is 10.4. The number of rotatable bonds is 3. The van der Waals surface area contributed by atoms with Crippen molar-refractivity contribution in [2.45, 2.75) is 26.2 Å². The lowest BCUT2D eigenvalue weighted by Gasteiger charge is -2.19. The highest BCUT2D eigenvalue weighted by molar-refractivity contribution is 5.79. The molecule has 5 aromatic rings. The van der Waals surface area contributed by atoms with E-state index in [2.05, 4.69) is 65.5 Å². The number of fused-ring (bicyclic) bond motifs is 2. The molecule has 0 atom stereocenters. The van der Waals surface area contributed by atoms with Crippen molar-refractivity contribution in [1.82, 2.24) is 9.97 Å². The maximum atomic E-state index is 6.20. The van der Waals surface area contributed by atoms with Crippen molar-refractivity contribution >= 4 is 28.0 Å². The van der Waals surface area contributed by atoms with Crippen LogP contribution in [0.4, 0.5) is 5.95 Å². The molecule has 3 aromatic carbocycles. The van der Waals surface area contributed by atoms with E-state index in [1.807, 2.05) is 54.6 Å². The Bertz CT molecular complexity index is 1400. The molecular formula is C26H24N4O. The summed E-state index contributed by atoms with van der Waals surface area (Å²) in [5.41, 5.74) is 8.12. The molecule has 5 heteroatoms. The number of aromatic nitrogens is 2.